The third-order valence-electron chi connectivity index (χ3n) is 6.17. The molecule has 0 saturated carbocycles. The lowest BCUT2D eigenvalue weighted by Gasteiger charge is -2.30. The van der Waals surface area contributed by atoms with E-state index in [0.29, 0.717) is 6.42 Å². The predicted octanol–water partition coefficient (Wildman–Crippen LogP) is 6.02. The van der Waals surface area contributed by atoms with Crippen molar-refractivity contribution in [1.82, 2.24) is 9.97 Å². The van der Waals surface area contributed by atoms with E-state index < -0.39 is 0 Å². The van der Waals surface area contributed by atoms with Gasteiger partial charge in [0.2, 0.25) is 0 Å². The van der Waals surface area contributed by atoms with Crippen LogP contribution in [0.2, 0.25) is 0 Å². The van der Waals surface area contributed by atoms with Gasteiger partial charge in [-0.2, -0.15) is 0 Å². The summed E-state index contributed by atoms with van der Waals surface area (Å²) in [5, 5.41) is 2.18. The molecule has 1 N–H and O–H groups in total. The Morgan fingerprint density at radius 3 is 2.48 bits per heavy atom. The number of pyridine rings is 1. The van der Waals surface area contributed by atoms with Crippen LogP contribution in [-0.4, -0.2) is 15.8 Å². The number of nitrogens with zero attached hydrogens (tertiary/aromatic N) is 1. The van der Waals surface area contributed by atoms with Crippen molar-refractivity contribution >= 4 is 27.6 Å². The van der Waals surface area contributed by atoms with Crippen molar-refractivity contribution in [2.75, 3.05) is 0 Å². The monoisotopic (exact) mass is 382 g/mol. The minimum absolute atomic E-state index is 0.0447. The Labute approximate surface area is 171 Å². The number of nitrogens with one attached hydrogen (secondary N) is 1. The molecule has 3 nitrogen and oxygen atoms in total. The number of ketones is 1. The first-order valence-corrected chi connectivity index (χ1v) is 10.5. The van der Waals surface area contributed by atoms with E-state index in [1.54, 1.807) is 0 Å². The van der Waals surface area contributed by atoms with Crippen molar-refractivity contribution in [2.45, 2.75) is 46.5 Å². The van der Waals surface area contributed by atoms with E-state index in [-0.39, 0.29) is 11.2 Å². The summed E-state index contributed by atoms with van der Waals surface area (Å²) in [6, 6.07) is 17.1. The van der Waals surface area contributed by atoms with Gasteiger partial charge in [0.25, 0.3) is 0 Å². The van der Waals surface area contributed by atoms with Crippen LogP contribution in [0.1, 0.15) is 60.1 Å². The van der Waals surface area contributed by atoms with Gasteiger partial charge in [-0.15, -0.1) is 0 Å². The zero-order valence-electron chi connectivity index (χ0n) is 17.3. The summed E-state index contributed by atoms with van der Waals surface area (Å²) in [5.74, 6) is 0.220. The fraction of sp³-hybridized carbons (Fsp3) is 0.308. The van der Waals surface area contributed by atoms with Crippen molar-refractivity contribution in [3.63, 3.8) is 0 Å². The largest absolute Gasteiger partial charge is 0.353 e. The molecular formula is C26H26N2O. The molecule has 0 saturated heterocycles. The zero-order valence-corrected chi connectivity index (χ0v) is 17.3. The van der Waals surface area contributed by atoms with E-state index >= 15 is 0 Å². The molecule has 0 atom stereocenters. The number of H-pyrrole nitrogens is 1. The maximum atomic E-state index is 13.1. The summed E-state index contributed by atoms with van der Waals surface area (Å²) in [7, 11) is 0. The lowest BCUT2D eigenvalue weighted by atomic mass is 9.74. The number of hydrogen-bond donors (Lipinski definition) is 1. The van der Waals surface area contributed by atoms with E-state index in [2.05, 4.69) is 62.2 Å². The number of Topliss-reactive ketones (excluding diaryl/α,β-unsaturated/α-hetero) is 1. The molecule has 2 aromatic heterocycles. The molecular weight excluding hydrogens is 356 g/mol. The minimum atomic E-state index is -0.0447. The second-order valence-corrected chi connectivity index (χ2v) is 9.09. The molecule has 2 aromatic carbocycles. The van der Waals surface area contributed by atoms with Crippen LogP contribution in [-0.2, 0) is 19.3 Å². The third-order valence-corrected chi connectivity index (χ3v) is 6.17. The van der Waals surface area contributed by atoms with Gasteiger partial charge in [0.15, 0.2) is 5.78 Å². The Kier molecular flexibility index (Phi) is 4.09. The van der Waals surface area contributed by atoms with E-state index in [4.69, 9.17) is 4.98 Å². The van der Waals surface area contributed by atoms with Gasteiger partial charge in [-0.3, -0.25) is 9.78 Å². The quantitative estimate of drug-likeness (QED) is 0.470. The molecule has 5 rings (SSSR count). The molecule has 2 heterocycles. The number of fused-ring (bicyclic) bond motifs is 5. The van der Waals surface area contributed by atoms with Crippen LogP contribution in [0.5, 0.6) is 0 Å². The summed E-state index contributed by atoms with van der Waals surface area (Å²) in [5.41, 5.74) is 7.45. The van der Waals surface area contributed by atoms with Crippen LogP contribution >= 0.6 is 0 Å². The van der Waals surface area contributed by atoms with Crippen LogP contribution in [0.25, 0.3) is 21.8 Å². The van der Waals surface area contributed by atoms with E-state index in [1.807, 2.05) is 12.1 Å². The van der Waals surface area contributed by atoms with Gasteiger partial charge >= 0.3 is 0 Å². The molecule has 0 aliphatic heterocycles. The highest BCUT2D eigenvalue weighted by molar-refractivity contribution is 6.19. The van der Waals surface area contributed by atoms with Gasteiger partial charge in [-0.25, -0.2) is 0 Å². The SMILES string of the molecule is CCc1ccc(Cc2nc3c(c4c2[nH]c2ccccc24)C(=O)CC(C)(C)C3)cc1. The van der Waals surface area contributed by atoms with Gasteiger partial charge in [0, 0.05) is 34.7 Å². The van der Waals surface area contributed by atoms with Crippen molar-refractivity contribution < 1.29 is 4.79 Å². The summed E-state index contributed by atoms with van der Waals surface area (Å²) in [6.07, 6.45) is 3.22. The number of para-hydroxylation sites is 1. The molecule has 29 heavy (non-hydrogen) atoms. The third kappa shape index (κ3) is 3.05. The summed E-state index contributed by atoms with van der Waals surface area (Å²) >= 11 is 0. The number of aryl methyl sites for hydroxylation is 1. The van der Waals surface area contributed by atoms with Crippen LogP contribution in [0.3, 0.4) is 0 Å². The van der Waals surface area contributed by atoms with Crippen LogP contribution in [0, 0.1) is 5.41 Å². The first-order chi connectivity index (χ1) is 13.9. The highest BCUT2D eigenvalue weighted by Crippen LogP contribution is 2.40. The first-order valence-electron chi connectivity index (χ1n) is 10.5. The molecule has 1 aliphatic rings. The summed E-state index contributed by atoms with van der Waals surface area (Å²) < 4.78 is 0. The van der Waals surface area contributed by atoms with Crippen molar-refractivity contribution in [1.29, 1.82) is 0 Å². The molecule has 146 valence electrons. The second-order valence-electron chi connectivity index (χ2n) is 9.09. The standard InChI is InChI=1S/C26H26N2O/c1-4-16-9-11-17(12-10-16)13-20-25-23(18-7-5-6-8-19(18)28-25)24-21(27-20)14-26(2,3)15-22(24)29/h5-12,28H,4,13-15H2,1-3H3. The molecule has 0 spiro atoms. The molecule has 0 unspecified atom stereocenters. The van der Waals surface area contributed by atoms with Crippen LogP contribution in [0.4, 0.5) is 0 Å². The molecule has 0 bridgehead atoms. The Hall–Kier alpha value is -2.94. The molecule has 0 fully saturated rings. The molecule has 4 aromatic rings. The first kappa shape index (κ1) is 18.1. The molecule has 1 aliphatic carbocycles. The second kappa shape index (κ2) is 6.55. The Balaban J connectivity index is 1.75. The normalized spacial score (nSPS) is 15.8. The van der Waals surface area contributed by atoms with Crippen LogP contribution in [0.15, 0.2) is 48.5 Å². The topological polar surface area (TPSA) is 45.8 Å². The van der Waals surface area contributed by atoms with E-state index in [1.165, 1.54) is 11.1 Å². The maximum Gasteiger partial charge on any atom is 0.165 e. The lowest BCUT2D eigenvalue weighted by molar-refractivity contribution is 0.0912. The molecule has 0 amide bonds. The van der Waals surface area contributed by atoms with Crippen molar-refractivity contribution in [3.05, 3.63) is 76.6 Å². The molecule has 0 radical (unpaired) electrons. The average molecular weight is 383 g/mol. The highest BCUT2D eigenvalue weighted by atomic mass is 16.1. The van der Waals surface area contributed by atoms with Gasteiger partial charge in [0.05, 0.1) is 16.9 Å². The van der Waals surface area contributed by atoms with Gasteiger partial charge in [0.1, 0.15) is 0 Å². The number of benzene rings is 2. The fourth-order valence-corrected chi connectivity index (χ4v) is 4.72. The lowest BCUT2D eigenvalue weighted by Crippen LogP contribution is -2.28. The summed E-state index contributed by atoms with van der Waals surface area (Å²) in [6.45, 7) is 6.50. The average Bonchev–Trinajstić information content (AvgIpc) is 3.07. The van der Waals surface area contributed by atoms with Crippen molar-refractivity contribution in [2.24, 2.45) is 5.41 Å². The maximum absolute atomic E-state index is 13.1. The minimum Gasteiger partial charge on any atom is -0.353 e. The Bertz CT molecular complexity index is 1250. The van der Waals surface area contributed by atoms with Gasteiger partial charge < -0.3 is 4.98 Å². The number of aromatic nitrogens is 2. The number of aromatic amines is 1. The smallest absolute Gasteiger partial charge is 0.165 e. The summed E-state index contributed by atoms with van der Waals surface area (Å²) in [4.78, 5) is 21.8. The predicted molar refractivity (Wildman–Crippen MR) is 119 cm³/mol. The van der Waals surface area contributed by atoms with E-state index in [0.717, 1.165) is 58.0 Å². The van der Waals surface area contributed by atoms with Crippen LogP contribution < -0.4 is 0 Å². The number of carbonyl (C=O) groups is 1. The van der Waals surface area contributed by atoms with Gasteiger partial charge in [-0.1, -0.05) is 63.2 Å². The Morgan fingerprint density at radius 2 is 1.72 bits per heavy atom. The fourth-order valence-electron chi connectivity index (χ4n) is 4.72. The van der Waals surface area contributed by atoms with Crippen molar-refractivity contribution in [3.8, 4) is 0 Å². The Morgan fingerprint density at radius 1 is 1.00 bits per heavy atom. The van der Waals surface area contributed by atoms with E-state index in [9.17, 15) is 4.79 Å². The van der Waals surface area contributed by atoms with Gasteiger partial charge in [-0.05, 0) is 35.4 Å². The zero-order chi connectivity index (χ0) is 20.2. The number of carbonyl (C=O) groups excluding carboxylic acids is 1. The number of hydrogen-bond acceptors (Lipinski definition) is 2. The molecule has 3 heteroatoms. The number of rotatable bonds is 3. The highest BCUT2D eigenvalue weighted by Gasteiger charge is 2.34.